The van der Waals surface area contributed by atoms with Crippen LogP contribution in [0.3, 0.4) is 0 Å². The summed E-state index contributed by atoms with van der Waals surface area (Å²) in [6.45, 7) is 1.77. The summed E-state index contributed by atoms with van der Waals surface area (Å²) >= 11 is 0. The van der Waals surface area contributed by atoms with E-state index in [1.807, 2.05) is 0 Å². The Morgan fingerprint density at radius 3 is 2.52 bits per heavy atom. The summed E-state index contributed by atoms with van der Waals surface area (Å²) in [6.07, 6.45) is -4.84. The summed E-state index contributed by atoms with van der Waals surface area (Å²) in [5.41, 5.74) is 0.175. The van der Waals surface area contributed by atoms with Gasteiger partial charge in [0.15, 0.2) is 0 Å². The van der Waals surface area contributed by atoms with Gasteiger partial charge in [0.25, 0.3) is 0 Å². The number of alkyl halides is 4. The van der Waals surface area contributed by atoms with Gasteiger partial charge in [-0.15, -0.1) is 0 Å². The molecule has 3 aromatic rings. The third-order valence-electron chi connectivity index (χ3n) is 4.95. The molecule has 1 aliphatic carbocycles. The molecule has 0 radical (unpaired) electrons. The van der Waals surface area contributed by atoms with E-state index in [9.17, 15) is 22.4 Å². The maximum Gasteiger partial charge on any atom is 0.416 e. The van der Waals surface area contributed by atoms with Gasteiger partial charge in [-0.1, -0.05) is 24.3 Å². The highest BCUT2D eigenvalue weighted by molar-refractivity contribution is 5.84. The lowest BCUT2D eigenvalue weighted by molar-refractivity contribution is -0.137. The first kappa shape index (κ1) is 17.7. The van der Waals surface area contributed by atoms with Gasteiger partial charge in [0.1, 0.15) is 6.17 Å². The van der Waals surface area contributed by atoms with Gasteiger partial charge < -0.3 is 0 Å². The predicted octanol–water partition coefficient (Wildman–Crippen LogP) is 4.61. The third-order valence-corrected chi connectivity index (χ3v) is 4.95. The number of fused-ring (bicyclic) bond motifs is 1. The Hall–Kier alpha value is -2.70. The van der Waals surface area contributed by atoms with E-state index in [1.54, 1.807) is 31.2 Å². The van der Waals surface area contributed by atoms with E-state index in [-0.39, 0.29) is 17.9 Å². The lowest BCUT2D eigenvalue weighted by Gasteiger charge is -2.16. The minimum absolute atomic E-state index is 0.130. The van der Waals surface area contributed by atoms with E-state index in [0.717, 1.165) is 17.7 Å². The van der Waals surface area contributed by atoms with Gasteiger partial charge >= 0.3 is 11.9 Å². The van der Waals surface area contributed by atoms with Crippen LogP contribution in [-0.2, 0) is 12.6 Å². The summed E-state index contributed by atoms with van der Waals surface area (Å²) in [5, 5.41) is 0.435. The average molecular weight is 376 g/mol. The predicted molar refractivity (Wildman–Crippen MR) is 93.8 cm³/mol. The van der Waals surface area contributed by atoms with E-state index in [1.165, 1.54) is 10.6 Å². The third kappa shape index (κ3) is 3.22. The molecule has 1 heterocycles. The normalized spacial score (nSPS) is 19.4. The van der Waals surface area contributed by atoms with Crippen molar-refractivity contribution in [1.29, 1.82) is 0 Å². The topological polar surface area (TPSA) is 34.9 Å². The van der Waals surface area contributed by atoms with Crippen LogP contribution in [0.15, 0.2) is 47.3 Å². The van der Waals surface area contributed by atoms with E-state index >= 15 is 0 Å². The Labute approximate surface area is 152 Å². The smallest absolute Gasteiger partial charge is 0.260 e. The fraction of sp³-hybridized carbons (Fsp3) is 0.300. The van der Waals surface area contributed by atoms with Crippen LogP contribution in [0.25, 0.3) is 16.6 Å². The van der Waals surface area contributed by atoms with Crippen LogP contribution >= 0.6 is 0 Å². The molecule has 140 valence electrons. The van der Waals surface area contributed by atoms with E-state index in [2.05, 4.69) is 4.98 Å². The van der Waals surface area contributed by atoms with Crippen molar-refractivity contribution < 1.29 is 17.6 Å². The highest BCUT2D eigenvalue weighted by Gasteiger charge is 2.38. The molecule has 3 nitrogen and oxygen atoms in total. The van der Waals surface area contributed by atoms with Crippen LogP contribution < -0.4 is 5.69 Å². The molecule has 2 atom stereocenters. The molecule has 1 fully saturated rings. The lowest BCUT2D eigenvalue weighted by Crippen LogP contribution is -2.25. The Balaban J connectivity index is 2.01. The van der Waals surface area contributed by atoms with Gasteiger partial charge in [-0.05, 0) is 49.4 Å². The number of nitrogens with zero attached hydrogens (tertiary/aromatic N) is 2. The Kier molecular flexibility index (Phi) is 4.05. The van der Waals surface area contributed by atoms with Crippen LogP contribution in [0.4, 0.5) is 17.6 Å². The van der Waals surface area contributed by atoms with Gasteiger partial charge in [0, 0.05) is 5.39 Å². The lowest BCUT2D eigenvalue weighted by atomic mass is 10.1. The highest BCUT2D eigenvalue weighted by Crippen LogP contribution is 2.38. The zero-order valence-corrected chi connectivity index (χ0v) is 14.4. The molecule has 0 N–H and O–H groups in total. The minimum atomic E-state index is -4.54. The highest BCUT2D eigenvalue weighted by atomic mass is 19.4. The number of hydrogen-bond donors (Lipinski definition) is 0. The molecule has 1 saturated carbocycles. The van der Waals surface area contributed by atoms with Crippen LogP contribution in [0, 0.1) is 12.8 Å². The van der Waals surface area contributed by atoms with Crippen LogP contribution in [0.1, 0.15) is 23.2 Å². The van der Waals surface area contributed by atoms with Crippen molar-refractivity contribution >= 4 is 10.9 Å². The van der Waals surface area contributed by atoms with Crippen molar-refractivity contribution in [3.63, 3.8) is 0 Å². The summed E-state index contributed by atoms with van der Waals surface area (Å²) in [5.74, 6) is -0.225. The van der Waals surface area contributed by atoms with Gasteiger partial charge in [0.2, 0.25) is 0 Å². The van der Waals surface area contributed by atoms with Crippen molar-refractivity contribution in [2.75, 3.05) is 0 Å². The molecule has 1 aliphatic rings. The quantitative estimate of drug-likeness (QED) is 0.626. The Bertz CT molecular complexity index is 1090. The van der Waals surface area contributed by atoms with E-state index in [4.69, 9.17) is 0 Å². The number of halogens is 4. The molecule has 4 rings (SSSR count). The first-order chi connectivity index (χ1) is 12.8. The molecule has 7 heteroatoms. The molecule has 27 heavy (non-hydrogen) atoms. The fourth-order valence-corrected chi connectivity index (χ4v) is 3.34. The summed E-state index contributed by atoms with van der Waals surface area (Å²) < 4.78 is 54.3. The molecule has 0 saturated heterocycles. The van der Waals surface area contributed by atoms with Gasteiger partial charge in [-0.3, -0.25) is 4.57 Å². The monoisotopic (exact) mass is 376 g/mol. The van der Waals surface area contributed by atoms with E-state index < -0.39 is 23.6 Å². The maximum atomic E-state index is 13.3. The van der Waals surface area contributed by atoms with Crippen molar-refractivity contribution in [2.45, 2.75) is 32.1 Å². The second-order valence-corrected chi connectivity index (χ2v) is 6.91. The molecule has 0 bridgehead atoms. The largest absolute Gasteiger partial charge is 0.416 e. The molecule has 0 amide bonds. The fourth-order valence-electron chi connectivity index (χ4n) is 3.34. The van der Waals surface area contributed by atoms with Gasteiger partial charge in [-0.25, -0.2) is 9.18 Å². The molecular weight excluding hydrogens is 360 g/mol. The first-order valence-electron chi connectivity index (χ1n) is 8.58. The number of benzene rings is 2. The van der Waals surface area contributed by atoms with Crippen LogP contribution in [0.5, 0.6) is 0 Å². The van der Waals surface area contributed by atoms with Crippen molar-refractivity contribution in [1.82, 2.24) is 9.55 Å². The Morgan fingerprint density at radius 2 is 1.89 bits per heavy atom. The summed E-state index contributed by atoms with van der Waals surface area (Å²) in [4.78, 5) is 16.8. The number of aromatic nitrogens is 2. The molecule has 1 aromatic heterocycles. The molecule has 0 aliphatic heterocycles. The zero-order chi connectivity index (χ0) is 19.3. The second kappa shape index (κ2) is 6.18. The van der Waals surface area contributed by atoms with Crippen molar-refractivity contribution in [3.8, 4) is 5.69 Å². The summed E-state index contributed by atoms with van der Waals surface area (Å²) in [7, 11) is 0. The van der Waals surface area contributed by atoms with Gasteiger partial charge in [-0.2, -0.15) is 18.2 Å². The second-order valence-electron chi connectivity index (χ2n) is 6.91. The maximum absolute atomic E-state index is 13.3. The Morgan fingerprint density at radius 1 is 1.19 bits per heavy atom. The molecule has 0 spiro atoms. The van der Waals surface area contributed by atoms with Crippen LogP contribution in [-0.4, -0.2) is 15.7 Å². The molecule has 0 unspecified atom stereocenters. The number of para-hydroxylation sites is 1. The zero-order valence-electron chi connectivity index (χ0n) is 14.4. The van der Waals surface area contributed by atoms with Crippen LogP contribution in [0.2, 0.25) is 0 Å². The molecule has 2 aromatic carbocycles. The number of rotatable bonds is 3. The first-order valence-corrected chi connectivity index (χ1v) is 8.58. The van der Waals surface area contributed by atoms with Crippen molar-refractivity contribution in [3.05, 3.63) is 69.8 Å². The van der Waals surface area contributed by atoms with Crippen molar-refractivity contribution in [2.24, 2.45) is 5.92 Å². The van der Waals surface area contributed by atoms with Gasteiger partial charge in [0.05, 0.1) is 22.5 Å². The number of aryl methyl sites for hydroxylation is 1. The minimum Gasteiger partial charge on any atom is -0.260 e. The SMILES string of the molecule is Cc1ccccc1-n1c(=O)nc(C[C@@H]2C[C@@H]2F)c2ccc(C(F)(F)F)cc21. The molecular formula is C20H16F4N2O. The number of hydrogen-bond acceptors (Lipinski definition) is 2. The van der Waals surface area contributed by atoms with E-state index in [0.29, 0.717) is 23.2 Å². The standard InChI is InChI=1S/C20H16F4N2O/c1-11-4-2-3-5-17(11)26-18-10-13(20(22,23)24)6-7-14(18)16(25-19(26)27)9-12-8-15(12)21/h2-7,10,12,15H,8-9H2,1H3/t12-,15-/m0/s1. The average Bonchev–Trinajstić information content (AvgIpc) is 3.30. The summed E-state index contributed by atoms with van der Waals surface area (Å²) in [6, 6.07) is 10.2.